The summed E-state index contributed by atoms with van der Waals surface area (Å²) in [5.41, 5.74) is 2.51. The Morgan fingerprint density at radius 1 is 0.945 bits per heavy atom. The number of hydrogen-bond donors (Lipinski definition) is 3. The molecule has 12 nitrogen and oxygen atoms in total. The van der Waals surface area contributed by atoms with Crippen LogP contribution in [-0.4, -0.2) is 118 Å². The summed E-state index contributed by atoms with van der Waals surface area (Å²) in [6.45, 7) is 7.87. The number of piperidine rings is 1. The molecule has 1 aromatic carbocycles. The van der Waals surface area contributed by atoms with Gasteiger partial charge in [0.05, 0.1) is 24.6 Å². The largest absolute Gasteiger partial charge is 0.486 e. The van der Waals surface area contributed by atoms with Gasteiger partial charge in [-0.15, -0.1) is 0 Å². The highest BCUT2D eigenvalue weighted by atomic mass is 16.5. The highest BCUT2D eigenvalue weighted by Crippen LogP contribution is 2.36. The number of carbonyl (C=O) groups excluding carboxylic acids is 2. The summed E-state index contributed by atoms with van der Waals surface area (Å²) in [5, 5.41) is 18.5. The van der Waals surface area contributed by atoms with Gasteiger partial charge in [-0.1, -0.05) is 64.4 Å². The summed E-state index contributed by atoms with van der Waals surface area (Å²) in [6.07, 6.45) is 21.1. The van der Waals surface area contributed by atoms with Gasteiger partial charge in [-0.25, -0.2) is 4.98 Å². The molecular formula is C43H67N7O5. The molecular weight excluding hydrogens is 695 g/mol. The number of oxazole rings is 1. The number of benzene rings is 1. The first kappa shape index (κ1) is 40.2. The number of aliphatic hydroxyl groups is 1. The Bertz CT molecular complexity index is 1490. The molecule has 12 heteroatoms. The van der Waals surface area contributed by atoms with E-state index in [1.165, 1.54) is 94.6 Å². The number of carbonyl (C=O) groups is 2. The van der Waals surface area contributed by atoms with Crippen molar-refractivity contribution in [3.63, 3.8) is 0 Å². The van der Waals surface area contributed by atoms with Gasteiger partial charge in [0.15, 0.2) is 12.2 Å². The van der Waals surface area contributed by atoms with E-state index in [9.17, 15) is 14.7 Å². The number of fused-ring (bicyclic) bond motifs is 1. The van der Waals surface area contributed by atoms with Gasteiger partial charge >= 0.3 is 0 Å². The van der Waals surface area contributed by atoms with E-state index in [0.717, 1.165) is 64.3 Å². The SMILES string of the molecule is CCC(=O)N1CCN(C2CC(C(=O)NC[C@H](O)CN3CCc4cc(OCc5cnco5)ccc4C3)CC(NC3CCC3)N2C2CCCCCCCCC2)CC1. The van der Waals surface area contributed by atoms with Crippen LogP contribution in [0.3, 0.4) is 0 Å². The van der Waals surface area contributed by atoms with E-state index in [1.54, 1.807) is 6.20 Å². The monoisotopic (exact) mass is 762 g/mol. The lowest BCUT2D eigenvalue weighted by molar-refractivity contribution is -0.141. The summed E-state index contributed by atoms with van der Waals surface area (Å²) in [6, 6.07) is 7.23. The average Bonchev–Trinajstić information content (AvgIpc) is 3.73. The number of likely N-dealkylation sites (tertiary alicyclic amines) is 1. The fourth-order valence-corrected chi connectivity index (χ4v) is 9.73. The van der Waals surface area contributed by atoms with Gasteiger partial charge in [-0.2, -0.15) is 0 Å². The number of aliphatic hydroxyl groups excluding tert-OH is 1. The van der Waals surface area contributed by atoms with E-state index < -0.39 is 6.10 Å². The Morgan fingerprint density at radius 2 is 1.71 bits per heavy atom. The van der Waals surface area contributed by atoms with Crippen molar-refractivity contribution in [3.05, 3.63) is 47.7 Å². The second-order valence-electron chi connectivity index (χ2n) is 17.0. The lowest BCUT2D eigenvalue weighted by Crippen LogP contribution is -2.68. The molecule has 2 aromatic rings. The molecule has 304 valence electrons. The summed E-state index contributed by atoms with van der Waals surface area (Å²) in [5.74, 6) is 1.67. The summed E-state index contributed by atoms with van der Waals surface area (Å²) in [7, 11) is 0. The quantitative estimate of drug-likeness (QED) is 0.256. The van der Waals surface area contributed by atoms with E-state index in [1.807, 2.05) is 17.9 Å². The van der Waals surface area contributed by atoms with Gasteiger partial charge in [0.1, 0.15) is 12.4 Å². The van der Waals surface area contributed by atoms with Crippen LogP contribution in [0, 0.1) is 5.92 Å². The van der Waals surface area contributed by atoms with Gasteiger partial charge in [0, 0.05) is 76.8 Å². The minimum atomic E-state index is -0.651. The Kier molecular flexibility index (Phi) is 14.5. The van der Waals surface area contributed by atoms with Crippen LogP contribution in [0.25, 0.3) is 0 Å². The first-order valence-electron chi connectivity index (χ1n) is 21.8. The van der Waals surface area contributed by atoms with Crippen LogP contribution in [0.1, 0.15) is 120 Å². The maximum Gasteiger partial charge on any atom is 0.223 e. The minimum Gasteiger partial charge on any atom is -0.486 e. The van der Waals surface area contributed by atoms with Gasteiger partial charge in [0.25, 0.3) is 0 Å². The molecule has 0 radical (unpaired) electrons. The van der Waals surface area contributed by atoms with Crippen molar-refractivity contribution in [3.8, 4) is 5.75 Å². The molecule has 5 aliphatic rings. The zero-order valence-corrected chi connectivity index (χ0v) is 33.3. The molecule has 7 rings (SSSR count). The highest BCUT2D eigenvalue weighted by Gasteiger charge is 2.45. The van der Waals surface area contributed by atoms with Crippen molar-refractivity contribution in [1.82, 2.24) is 35.2 Å². The van der Waals surface area contributed by atoms with Gasteiger partial charge < -0.3 is 24.5 Å². The average molecular weight is 762 g/mol. The molecule has 2 aliphatic carbocycles. The number of amides is 2. The van der Waals surface area contributed by atoms with Gasteiger partial charge in [0.2, 0.25) is 11.8 Å². The molecule has 0 bridgehead atoms. The number of piperazine rings is 1. The molecule has 3 N–H and O–H groups in total. The van der Waals surface area contributed by atoms with Crippen LogP contribution in [0.4, 0.5) is 0 Å². The van der Waals surface area contributed by atoms with E-state index >= 15 is 0 Å². The van der Waals surface area contributed by atoms with E-state index in [-0.39, 0.29) is 36.6 Å². The Labute approximate surface area is 328 Å². The standard InChI is InChI=1S/C43H67N7O5/c1-2-42(52)49-21-19-48(20-22-49)41-25-34(24-40(46-35-11-10-12-35)50(41)36-13-8-6-4-3-5-7-9-14-36)43(53)45-26-37(51)29-47-18-17-32-23-38(16-15-33(32)28-47)54-30-39-27-44-31-55-39/h15-16,23,27,31,34-37,40-41,46,51H,2-14,17-22,24-26,28-30H2,1H3,(H,45,53)/t34?,37-,40?,41?/m0/s1. The number of hydrogen-bond acceptors (Lipinski definition) is 10. The van der Waals surface area contributed by atoms with Gasteiger partial charge in [-0.3, -0.25) is 29.6 Å². The highest BCUT2D eigenvalue weighted by molar-refractivity contribution is 5.79. The molecule has 2 saturated heterocycles. The molecule has 4 fully saturated rings. The maximum absolute atomic E-state index is 14.1. The van der Waals surface area contributed by atoms with E-state index in [4.69, 9.17) is 9.15 Å². The Hall–Kier alpha value is -3.03. The molecule has 3 unspecified atom stereocenters. The number of ether oxygens (including phenoxy) is 1. The van der Waals surface area contributed by atoms with Crippen molar-refractivity contribution in [1.29, 1.82) is 0 Å². The number of nitrogens with zero attached hydrogens (tertiary/aromatic N) is 5. The zero-order chi connectivity index (χ0) is 38.0. The fourth-order valence-electron chi connectivity index (χ4n) is 9.73. The fraction of sp³-hybridized carbons (Fsp3) is 0.744. The van der Waals surface area contributed by atoms with E-state index in [0.29, 0.717) is 37.4 Å². The normalized spacial score (nSPS) is 26.1. The van der Waals surface area contributed by atoms with E-state index in [2.05, 4.69) is 42.5 Å². The zero-order valence-electron chi connectivity index (χ0n) is 33.3. The third-order valence-electron chi connectivity index (χ3n) is 13.1. The second-order valence-corrected chi connectivity index (χ2v) is 17.0. The molecule has 4 atom stereocenters. The van der Waals surface area contributed by atoms with Crippen molar-refractivity contribution in [2.45, 2.75) is 153 Å². The van der Waals surface area contributed by atoms with Crippen molar-refractivity contribution >= 4 is 11.8 Å². The van der Waals surface area contributed by atoms with Crippen LogP contribution >= 0.6 is 0 Å². The van der Waals surface area contributed by atoms with Crippen LogP contribution in [-0.2, 0) is 29.2 Å². The molecule has 1 aromatic heterocycles. The number of nitrogens with one attached hydrogen (secondary N) is 2. The van der Waals surface area contributed by atoms with Crippen LogP contribution in [0.2, 0.25) is 0 Å². The molecule has 55 heavy (non-hydrogen) atoms. The third-order valence-corrected chi connectivity index (χ3v) is 13.1. The lowest BCUT2D eigenvalue weighted by Gasteiger charge is -2.55. The molecule has 2 amide bonds. The maximum atomic E-state index is 14.1. The first-order valence-corrected chi connectivity index (χ1v) is 21.8. The predicted molar refractivity (Wildman–Crippen MR) is 212 cm³/mol. The van der Waals surface area contributed by atoms with Crippen molar-refractivity contribution < 1.29 is 23.8 Å². The molecule has 3 aliphatic heterocycles. The molecule has 4 heterocycles. The van der Waals surface area contributed by atoms with Gasteiger partial charge in [-0.05, 0) is 68.2 Å². The number of aromatic nitrogens is 1. The molecule has 0 spiro atoms. The third kappa shape index (κ3) is 10.9. The summed E-state index contributed by atoms with van der Waals surface area (Å²) >= 11 is 0. The van der Waals surface area contributed by atoms with Crippen LogP contribution in [0.15, 0.2) is 35.2 Å². The van der Waals surface area contributed by atoms with Crippen molar-refractivity contribution in [2.24, 2.45) is 5.92 Å². The predicted octanol–water partition coefficient (Wildman–Crippen LogP) is 5.04. The lowest BCUT2D eigenvalue weighted by atomic mass is 9.85. The van der Waals surface area contributed by atoms with Crippen LogP contribution < -0.4 is 15.4 Å². The smallest absolute Gasteiger partial charge is 0.223 e. The second kappa shape index (κ2) is 19.9. The van der Waals surface area contributed by atoms with Crippen molar-refractivity contribution in [2.75, 3.05) is 45.8 Å². The molecule has 2 saturated carbocycles. The minimum absolute atomic E-state index is 0.0664. The topological polar surface area (TPSA) is 127 Å². The summed E-state index contributed by atoms with van der Waals surface area (Å²) in [4.78, 5) is 40.4. The van der Waals surface area contributed by atoms with Crippen LogP contribution in [0.5, 0.6) is 5.75 Å². The number of rotatable bonds is 13. The Morgan fingerprint density at radius 3 is 2.40 bits per heavy atom. The first-order chi connectivity index (χ1) is 26.9. The summed E-state index contributed by atoms with van der Waals surface area (Å²) < 4.78 is 11.2. The number of β-amino-alcohol motifs (C(OH)–C–C–N with tert-alkyl or cyclic N) is 1. The Balaban J connectivity index is 0.978.